The molecule has 1 rings (SSSR count). The second-order valence-electron chi connectivity index (χ2n) is 3.86. The zero-order chi connectivity index (χ0) is 11.5. The number of H-pyrrole nitrogens is 1. The molecular formula is C8H14ClN3O2S. The summed E-state index contributed by atoms with van der Waals surface area (Å²) in [5.74, 6) is 0.404. The van der Waals surface area contributed by atoms with E-state index < -0.39 is 15.6 Å². The maximum Gasteiger partial charge on any atom is 0.244 e. The highest BCUT2D eigenvalue weighted by Gasteiger charge is 2.26. The van der Waals surface area contributed by atoms with Crippen LogP contribution in [0, 0.1) is 0 Å². The van der Waals surface area contributed by atoms with E-state index in [0.717, 1.165) is 0 Å². The molecule has 0 aliphatic heterocycles. The molecule has 0 spiro atoms. The van der Waals surface area contributed by atoms with Crippen LogP contribution in [0.25, 0.3) is 0 Å². The molecule has 86 valence electrons. The van der Waals surface area contributed by atoms with Crippen LogP contribution in [0.2, 0.25) is 0 Å². The van der Waals surface area contributed by atoms with Gasteiger partial charge >= 0.3 is 0 Å². The predicted molar refractivity (Wildman–Crippen MR) is 58.3 cm³/mol. The van der Waals surface area contributed by atoms with E-state index in [2.05, 4.69) is 14.9 Å². The highest BCUT2D eigenvalue weighted by atomic mass is 35.5. The molecule has 0 saturated carbocycles. The smallest absolute Gasteiger partial charge is 0.244 e. The Balaban J connectivity index is 2.82. The molecule has 0 aromatic carbocycles. The molecule has 0 unspecified atom stereocenters. The topological polar surface area (TPSA) is 74.8 Å². The summed E-state index contributed by atoms with van der Waals surface area (Å²) in [5, 5.41) is 6.05. The van der Waals surface area contributed by atoms with Crippen LogP contribution < -0.4 is 4.72 Å². The van der Waals surface area contributed by atoms with Gasteiger partial charge in [0.15, 0.2) is 0 Å². The summed E-state index contributed by atoms with van der Waals surface area (Å²) in [5.41, 5.74) is -0.558. The zero-order valence-electron chi connectivity index (χ0n) is 8.62. The first-order valence-electron chi connectivity index (χ1n) is 4.46. The molecule has 0 aliphatic rings. The molecule has 2 N–H and O–H groups in total. The van der Waals surface area contributed by atoms with E-state index in [1.165, 1.54) is 12.4 Å². The Kier molecular flexibility index (Phi) is 3.75. The first-order valence-corrected chi connectivity index (χ1v) is 6.48. The fraction of sp³-hybridized carbons (Fsp3) is 0.625. The van der Waals surface area contributed by atoms with Crippen LogP contribution >= 0.6 is 11.6 Å². The van der Waals surface area contributed by atoms with Crippen molar-refractivity contribution < 1.29 is 8.42 Å². The second kappa shape index (κ2) is 4.51. The number of hydrogen-bond donors (Lipinski definition) is 2. The van der Waals surface area contributed by atoms with Crippen molar-refractivity contribution in [3.63, 3.8) is 0 Å². The lowest BCUT2D eigenvalue weighted by molar-refractivity contribution is 0.441. The van der Waals surface area contributed by atoms with E-state index in [9.17, 15) is 8.42 Å². The van der Waals surface area contributed by atoms with Crippen molar-refractivity contribution in [3.8, 4) is 0 Å². The van der Waals surface area contributed by atoms with Crippen LogP contribution in [-0.4, -0.2) is 30.0 Å². The SMILES string of the molecule is CC(C)(CCCl)NS(=O)(=O)c1cn[nH]c1. The van der Waals surface area contributed by atoms with E-state index in [1.807, 2.05) is 0 Å². The Morgan fingerprint density at radius 2 is 2.27 bits per heavy atom. The Hall–Kier alpha value is -0.590. The first-order chi connectivity index (χ1) is 6.87. The van der Waals surface area contributed by atoms with E-state index in [0.29, 0.717) is 12.3 Å². The zero-order valence-corrected chi connectivity index (χ0v) is 10.2. The number of nitrogens with zero attached hydrogens (tertiary/aromatic N) is 1. The Morgan fingerprint density at radius 3 is 2.73 bits per heavy atom. The third kappa shape index (κ3) is 3.48. The van der Waals surface area contributed by atoms with Gasteiger partial charge in [0.25, 0.3) is 0 Å². The number of alkyl halides is 1. The molecule has 0 aliphatic carbocycles. The molecule has 0 amide bonds. The maximum absolute atomic E-state index is 11.8. The highest BCUT2D eigenvalue weighted by Crippen LogP contribution is 2.14. The molecule has 0 saturated heterocycles. The minimum atomic E-state index is -3.50. The normalized spacial score (nSPS) is 13.0. The maximum atomic E-state index is 11.8. The lowest BCUT2D eigenvalue weighted by atomic mass is 10.0. The molecule has 0 bridgehead atoms. The Bertz CT molecular complexity index is 400. The van der Waals surface area contributed by atoms with Crippen molar-refractivity contribution in [2.45, 2.75) is 30.7 Å². The van der Waals surface area contributed by atoms with Gasteiger partial charge in [-0.2, -0.15) is 5.10 Å². The second-order valence-corrected chi connectivity index (χ2v) is 5.92. The van der Waals surface area contributed by atoms with Gasteiger partial charge in [-0.3, -0.25) is 5.10 Å². The van der Waals surface area contributed by atoms with Crippen molar-refractivity contribution >= 4 is 21.6 Å². The third-order valence-corrected chi connectivity index (χ3v) is 3.77. The summed E-state index contributed by atoms with van der Waals surface area (Å²) in [7, 11) is -3.50. The van der Waals surface area contributed by atoms with Crippen LogP contribution in [0.1, 0.15) is 20.3 Å². The van der Waals surface area contributed by atoms with Gasteiger partial charge < -0.3 is 0 Å². The molecule has 5 nitrogen and oxygen atoms in total. The lowest BCUT2D eigenvalue weighted by Gasteiger charge is -2.24. The number of sulfonamides is 1. The summed E-state index contributed by atoms with van der Waals surface area (Å²) >= 11 is 5.59. The number of aromatic nitrogens is 2. The molecule has 1 aromatic rings. The molecular weight excluding hydrogens is 238 g/mol. The van der Waals surface area contributed by atoms with Crippen LogP contribution in [0.15, 0.2) is 17.3 Å². The number of nitrogens with one attached hydrogen (secondary N) is 2. The lowest BCUT2D eigenvalue weighted by Crippen LogP contribution is -2.43. The Morgan fingerprint density at radius 1 is 1.60 bits per heavy atom. The predicted octanol–water partition coefficient (Wildman–Crippen LogP) is 1.10. The van der Waals surface area contributed by atoms with E-state index in [1.54, 1.807) is 13.8 Å². The van der Waals surface area contributed by atoms with Crippen LogP contribution in [0.4, 0.5) is 0 Å². The highest BCUT2D eigenvalue weighted by molar-refractivity contribution is 7.89. The Labute approximate surface area is 94.3 Å². The molecule has 0 atom stereocenters. The fourth-order valence-corrected chi connectivity index (χ4v) is 2.92. The number of rotatable bonds is 5. The number of hydrogen-bond acceptors (Lipinski definition) is 3. The summed E-state index contributed by atoms with van der Waals surface area (Å²) in [4.78, 5) is 0.130. The first kappa shape index (κ1) is 12.5. The minimum Gasteiger partial charge on any atom is -0.284 e. The summed E-state index contributed by atoms with van der Waals surface area (Å²) < 4.78 is 26.1. The molecule has 0 fully saturated rings. The van der Waals surface area contributed by atoms with Gasteiger partial charge in [-0.15, -0.1) is 11.6 Å². The van der Waals surface area contributed by atoms with Gasteiger partial charge in [-0.25, -0.2) is 13.1 Å². The standard InChI is InChI=1S/C8H14ClN3O2S/c1-8(2,3-4-9)12-15(13,14)7-5-10-11-6-7/h5-6,12H,3-4H2,1-2H3,(H,10,11). The quantitative estimate of drug-likeness (QED) is 0.770. The van der Waals surface area contributed by atoms with Gasteiger partial charge in [0, 0.05) is 17.6 Å². The van der Waals surface area contributed by atoms with Crippen LogP contribution in [0.5, 0.6) is 0 Å². The molecule has 15 heavy (non-hydrogen) atoms. The third-order valence-electron chi connectivity index (χ3n) is 1.91. The monoisotopic (exact) mass is 251 g/mol. The summed E-state index contributed by atoms with van der Waals surface area (Å²) in [6.07, 6.45) is 3.16. The minimum absolute atomic E-state index is 0.130. The van der Waals surface area contributed by atoms with E-state index in [-0.39, 0.29) is 4.90 Å². The van der Waals surface area contributed by atoms with Crippen molar-refractivity contribution in [2.24, 2.45) is 0 Å². The van der Waals surface area contributed by atoms with Crippen molar-refractivity contribution in [1.29, 1.82) is 0 Å². The number of halogens is 1. The number of aromatic amines is 1. The largest absolute Gasteiger partial charge is 0.284 e. The van der Waals surface area contributed by atoms with Crippen molar-refractivity contribution in [1.82, 2.24) is 14.9 Å². The van der Waals surface area contributed by atoms with Gasteiger partial charge in [0.2, 0.25) is 10.0 Å². The van der Waals surface area contributed by atoms with Gasteiger partial charge in [0.1, 0.15) is 4.90 Å². The van der Waals surface area contributed by atoms with Gasteiger partial charge in [-0.1, -0.05) is 0 Å². The van der Waals surface area contributed by atoms with E-state index in [4.69, 9.17) is 11.6 Å². The van der Waals surface area contributed by atoms with Crippen LogP contribution in [-0.2, 0) is 10.0 Å². The summed E-state index contributed by atoms with van der Waals surface area (Å²) in [6, 6.07) is 0. The van der Waals surface area contributed by atoms with Crippen molar-refractivity contribution in [3.05, 3.63) is 12.4 Å². The van der Waals surface area contributed by atoms with Crippen molar-refractivity contribution in [2.75, 3.05) is 5.88 Å². The fourth-order valence-electron chi connectivity index (χ4n) is 1.10. The average Bonchev–Trinajstić information content (AvgIpc) is 2.52. The van der Waals surface area contributed by atoms with E-state index >= 15 is 0 Å². The van der Waals surface area contributed by atoms with Gasteiger partial charge in [-0.05, 0) is 20.3 Å². The summed E-state index contributed by atoms with van der Waals surface area (Å²) in [6.45, 7) is 3.57. The van der Waals surface area contributed by atoms with Gasteiger partial charge in [0.05, 0.1) is 6.20 Å². The average molecular weight is 252 g/mol. The molecule has 7 heteroatoms. The van der Waals surface area contributed by atoms with Crippen LogP contribution in [0.3, 0.4) is 0 Å². The molecule has 1 heterocycles. The molecule has 1 aromatic heterocycles. The molecule has 0 radical (unpaired) electrons.